The summed E-state index contributed by atoms with van der Waals surface area (Å²) in [5.41, 5.74) is 2.50. The third-order valence-electron chi connectivity index (χ3n) is 3.23. The number of carbonyl (C=O) groups excluding carboxylic acids is 1. The van der Waals surface area contributed by atoms with Gasteiger partial charge < -0.3 is 10.2 Å². The van der Waals surface area contributed by atoms with Gasteiger partial charge in [0.05, 0.1) is 25.4 Å². The molecule has 0 aromatic heterocycles. The van der Waals surface area contributed by atoms with E-state index in [1.54, 1.807) is 11.8 Å². The van der Waals surface area contributed by atoms with Crippen LogP contribution < -0.4 is 5.32 Å². The van der Waals surface area contributed by atoms with Crippen LogP contribution in [-0.2, 0) is 4.79 Å². The second-order valence-corrected chi connectivity index (χ2v) is 6.20. The van der Waals surface area contributed by atoms with E-state index in [9.17, 15) is 4.79 Å². The summed E-state index contributed by atoms with van der Waals surface area (Å²) in [4.78, 5) is 14.2. The summed E-state index contributed by atoms with van der Waals surface area (Å²) in [6.07, 6.45) is 0. The molecule has 1 fully saturated rings. The second-order valence-electron chi connectivity index (χ2n) is 4.77. The molecule has 1 aliphatic rings. The van der Waals surface area contributed by atoms with Gasteiger partial charge in [-0.3, -0.25) is 4.79 Å². The lowest BCUT2D eigenvalue weighted by atomic mass is 10.1. The van der Waals surface area contributed by atoms with Gasteiger partial charge in [-0.25, -0.2) is 0 Å². The third kappa shape index (κ3) is 2.70. The highest BCUT2D eigenvalue weighted by molar-refractivity contribution is 8.01. The Morgan fingerprint density at radius 3 is 2.89 bits per heavy atom. The smallest absolute Gasteiger partial charge is 0.236 e. The number of likely N-dealkylation sites (N-methyl/N-ethyl adjacent to an activating group) is 1. The van der Waals surface area contributed by atoms with Gasteiger partial charge in [0, 0.05) is 0 Å². The molecule has 0 radical (unpaired) electrons. The largest absolute Gasteiger partial charge is 0.347 e. The molecule has 0 aliphatic carbocycles. The zero-order valence-corrected chi connectivity index (χ0v) is 12.0. The third-order valence-corrected chi connectivity index (χ3v) is 4.63. The number of nitrogens with two attached hydrogens (primary N) is 1. The van der Waals surface area contributed by atoms with Crippen molar-refractivity contribution in [2.75, 3.05) is 20.1 Å². The highest BCUT2D eigenvalue weighted by Gasteiger charge is 2.38. The first-order valence-corrected chi connectivity index (χ1v) is 7.38. The van der Waals surface area contributed by atoms with Crippen LogP contribution in [0.15, 0.2) is 24.3 Å². The number of nitrogens with zero attached hydrogens (tertiary/aromatic N) is 1. The maximum atomic E-state index is 12.2. The standard InChI is InChI=1S/C14H20N2OS/c1-10-5-4-6-12(9-10)14-16(8-7-15-3)13(17)11(2)18-14/h4-6,9,11,14-15H,7-8H2,1-3H3/p+1/t11-,14+/m1/s1. The fourth-order valence-corrected chi connectivity index (χ4v) is 3.55. The molecule has 18 heavy (non-hydrogen) atoms. The SMILES string of the molecule is C[NH2+]CCN1C(=O)[C@@H](C)S[C@H]1c1cccc(C)c1. The van der Waals surface area contributed by atoms with Crippen molar-refractivity contribution in [3.05, 3.63) is 35.4 Å². The molecule has 2 N–H and O–H groups in total. The van der Waals surface area contributed by atoms with Crippen molar-refractivity contribution in [1.29, 1.82) is 0 Å². The van der Waals surface area contributed by atoms with E-state index in [0.717, 1.165) is 13.1 Å². The van der Waals surface area contributed by atoms with E-state index in [0.29, 0.717) is 0 Å². The molecule has 1 aromatic rings. The molecular formula is C14H21N2OS+. The Morgan fingerprint density at radius 1 is 1.44 bits per heavy atom. The first-order chi connectivity index (χ1) is 8.63. The van der Waals surface area contributed by atoms with Gasteiger partial charge in [0.15, 0.2) is 0 Å². The Balaban J connectivity index is 2.22. The summed E-state index contributed by atoms with van der Waals surface area (Å²) in [6, 6.07) is 8.48. The van der Waals surface area contributed by atoms with Gasteiger partial charge >= 0.3 is 0 Å². The number of thioether (sulfide) groups is 1. The number of hydrogen-bond acceptors (Lipinski definition) is 2. The van der Waals surface area contributed by atoms with Crippen LogP contribution in [0.3, 0.4) is 0 Å². The summed E-state index contributed by atoms with van der Waals surface area (Å²) >= 11 is 1.76. The van der Waals surface area contributed by atoms with Crippen LogP contribution in [0.25, 0.3) is 0 Å². The molecule has 1 aromatic carbocycles. The van der Waals surface area contributed by atoms with Crippen molar-refractivity contribution >= 4 is 17.7 Å². The van der Waals surface area contributed by atoms with E-state index in [4.69, 9.17) is 0 Å². The van der Waals surface area contributed by atoms with Crippen LogP contribution in [0.5, 0.6) is 0 Å². The minimum atomic E-state index is 0.0763. The lowest BCUT2D eigenvalue weighted by Crippen LogP contribution is -2.81. The number of aryl methyl sites for hydroxylation is 1. The van der Waals surface area contributed by atoms with Gasteiger partial charge in [-0.05, 0) is 19.4 Å². The first-order valence-electron chi connectivity index (χ1n) is 6.44. The summed E-state index contributed by atoms with van der Waals surface area (Å²) in [5.74, 6) is 0.272. The molecule has 2 atom stereocenters. The molecule has 0 unspecified atom stereocenters. The zero-order chi connectivity index (χ0) is 13.1. The summed E-state index contributed by atoms with van der Waals surface area (Å²) in [5, 5.41) is 2.38. The van der Waals surface area contributed by atoms with Crippen molar-refractivity contribution in [1.82, 2.24) is 4.90 Å². The van der Waals surface area contributed by atoms with E-state index in [2.05, 4.69) is 36.5 Å². The second kappa shape index (κ2) is 5.76. The lowest BCUT2D eigenvalue weighted by Gasteiger charge is -2.23. The average molecular weight is 265 g/mol. The Morgan fingerprint density at radius 2 is 2.22 bits per heavy atom. The molecular weight excluding hydrogens is 244 g/mol. The van der Waals surface area contributed by atoms with Crippen LogP contribution in [-0.4, -0.2) is 36.2 Å². The number of hydrogen-bond donors (Lipinski definition) is 1. The molecule has 4 heteroatoms. The van der Waals surface area contributed by atoms with Crippen molar-refractivity contribution in [2.45, 2.75) is 24.5 Å². The molecule has 0 spiro atoms. The quantitative estimate of drug-likeness (QED) is 0.887. The number of rotatable bonds is 4. The summed E-state index contributed by atoms with van der Waals surface area (Å²) in [6.45, 7) is 5.89. The van der Waals surface area contributed by atoms with Gasteiger partial charge in [-0.1, -0.05) is 29.8 Å². The van der Waals surface area contributed by atoms with E-state index in [-0.39, 0.29) is 16.5 Å². The monoisotopic (exact) mass is 265 g/mol. The average Bonchev–Trinajstić information content (AvgIpc) is 2.64. The van der Waals surface area contributed by atoms with E-state index in [1.165, 1.54) is 11.1 Å². The first kappa shape index (κ1) is 13.4. The highest BCUT2D eigenvalue weighted by Crippen LogP contribution is 2.42. The molecule has 3 nitrogen and oxygen atoms in total. The summed E-state index contributed by atoms with van der Waals surface area (Å²) in [7, 11) is 2.04. The topological polar surface area (TPSA) is 36.9 Å². The molecule has 1 heterocycles. The Kier molecular flexibility index (Phi) is 4.30. The molecule has 0 saturated carbocycles. The van der Waals surface area contributed by atoms with Crippen LogP contribution >= 0.6 is 11.8 Å². The number of benzene rings is 1. The Bertz CT molecular complexity index is 436. The molecule has 0 bridgehead atoms. The Hall–Kier alpha value is -1.00. The maximum absolute atomic E-state index is 12.2. The van der Waals surface area contributed by atoms with Crippen molar-refractivity contribution in [2.24, 2.45) is 0 Å². The minimum absolute atomic E-state index is 0.0763. The van der Waals surface area contributed by atoms with E-state index in [1.807, 2.05) is 18.9 Å². The lowest BCUT2D eigenvalue weighted by molar-refractivity contribution is -0.626. The Labute approximate surface area is 113 Å². The normalized spacial score (nSPS) is 23.7. The predicted molar refractivity (Wildman–Crippen MR) is 75.4 cm³/mol. The van der Waals surface area contributed by atoms with Gasteiger partial charge in [-0.15, -0.1) is 11.8 Å². The van der Waals surface area contributed by atoms with Gasteiger partial charge in [-0.2, -0.15) is 0 Å². The minimum Gasteiger partial charge on any atom is -0.347 e. The number of carbonyl (C=O) groups is 1. The molecule has 1 amide bonds. The fraction of sp³-hybridized carbons (Fsp3) is 0.500. The van der Waals surface area contributed by atoms with Crippen molar-refractivity contribution < 1.29 is 10.1 Å². The van der Waals surface area contributed by atoms with Gasteiger partial charge in [0.2, 0.25) is 5.91 Å². The van der Waals surface area contributed by atoms with Gasteiger partial charge in [0.25, 0.3) is 0 Å². The molecule has 2 rings (SSSR count). The highest BCUT2D eigenvalue weighted by atomic mass is 32.2. The molecule has 1 saturated heterocycles. The van der Waals surface area contributed by atoms with Crippen LogP contribution in [0.2, 0.25) is 0 Å². The van der Waals surface area contributed by atoms with E-state index < -0.39 is 0 Å². The van der Waals surface area contributed by atoms with Crippen LogP contribution in [0, 0.1) is 6.92 Å². The molecule has 1 aliphatic heterocycles. The zero-order valence-electron chi connectivity index (χ0n) is 11.2. The number of quaternary nitrogens is 1. The molecule has 98 valence electrons. The van der Waals surface area contributed by atoms with Crippen molar-refractivity contribution in [3.8, 4) is 0 Å². The van der Waals surface area contributed by atoms with Gasteiger partial charge in [0.1, 0.15) is 5.37 Å². The van der Waals surface area contributed by atoms with E-state index >= 15 is 0 Å². The van der Waals surface area contributed by atoms with Crippen LogP contribution in [0.1, 0.15) is 23.4 Å². The number of amides is 1. The maximum Gasteiger partial charge on any atom is 0.236 e. The predicted octanol–water partition coefficient (Wildman–Crippen LogP) is 1.15. The van der Waals surface area contributed by atoms with Crippen LogP contribution in [0.4, 0.5) is 0 Å². The summed E-state index contributed by atoms with van der Waals surface area (Å²) < 4.78 is 0. The fourth-order valence-electron chi connectivity index (χ4n) is 2.25. The van der Waals surface area contributed by atoms with Crippen molar-refractivity contribution in [3.63, 3.8) is 0 Å².